The Morgan fingerprint density at radius 3 is 1.59 bits per heavy atom. The average Bonchev–Trinajstić information content (AvgIpc) is 3.10. The molecule has 5 atom stereocenters. The van der Waals surface area contributed by atoms with Crippen molar-refractivity contribution in [2.75, 3.05) is 6.61 Å². The lowest BCUT2D eigenvalue weighted by molar-refractivity contribution is -0.252. The van der Waals surface area contributed by atoms with Crippen molar-refractivity contribution in [3.05, 3.63) is 144 Å². The van der Waals surface area contributed by atoms with Crippen molar-refractivity contribution >= 4 is 24.0 Å². The Balaban J connectivity index is 1.43. The number of esters is 3. The maximum atomic E-state index is 13.3. The van der Waals surface area contributed by atoms with E-state index in [9.17, 15) is 24.3 Å². The van der Waals surface area contributed by atoms with E-state index in [0.717, 1.165) is 0 Å². The molecular formula is C35H31NO10. The minimum absolute atomic E-state index is 0.0880. The van der Waals surface area contributed by atoms with E-state index < -0.39 is 61.3 Å². The van der Waals surface area contributed by atoms with Crippen LogP contribution in [0.5, 0.6) is 0 Å². The van der Waals surface area contributed by atoms with Gasteiger partial charge in [0.2, 0.25) is 0 Å². The number of aliphatic hydroxyl groups is 1. The number of nitrogens with one attached hydrogen (secondary N) is 1. The van der Waals surface area contributed by atoms with Crippen LogP contribution in [0.4, 0.5) is 4.79 Å². The van der Waals surface area contributed by atoms with Crippen LogP contribution in [0.1, 0.15) is 36.6 Å². The summed E-state index contributed by atoms with van der Waals surface area (Å²) < 4.78 is 28.2. The molecular weight excluding hydrogens is 594 g/mol. The number of hydrogen-bond acceptors (Lipinski definition) is 10. The largest absolute Gasteiger partial charge is 0.459 e. The summed E-state index contributed by atoms with van der Waals surface area (Å²) in [6, 6.07) is 31.6. The molecule has 0 saturated carbocycles. The van der Waals surface area contributed by atoms with Crippen molar-refractivity contribution in [1.29, 1.82) is 0 Å². The van der Waals surface area contributed by atoms with E-state index in [1.165, 1.54) is 24.3 Å². The van der Waals surface area contributed by atoms with Gasteiger partial charge in [0.1, 0.15) is 25.4 Å². The SMILES string of the molecule is O=C(N[C@H]1C(O)O[C@H](COC(=O)c2ccccc2)[C@@H](OC(=O)c2ccccc2)[C@@H]1OC(=O)c1ccccc1)OCc1ccccc1. The van der Waals surface area contributed by atoms with E-state index in [4.69, 9.17) is 23.7 Å². The lowest BCUT2D eigenvalue weighted by atomic mass is 9.96. The van der Waals surface area contributed by atoms with Gasteiger partial charge in [-0.1, -0.05) is 84.9 Å². The molecule has 1 saturated heterocycles. The highest BCUT2D eigenvalue weighted by Gasteiger charge is 2.51. The summed E-state index contributed by atoms with van der Waals surface area (Å²) in [7, 11) is 0. The smallest absolute Gasteiger partial charge is 0.407 e. The van der Waals surface area contributed by atoms with Crippen molar-refractivity contribution in [2.24, 2.45) is 0 Å². The van der Waals surface area contributed by atoms with Crippen LogP contribution in [0.15, 0.2) is 121 Å². The Hall–Kier alpha value is -5.52. The Labute approximate surface area is 264 Å². The fourth-order valence-electron chi connectivity index (χ4n) is 4.74. The third kappa shape index (κ3) is 8.35. The molecule has 236 valence electrons. The van der Waals surface area contributed by atoms with Gasteiger partial charge in [-0.3, -0.25) is 0 Å². The summed E-state index contributed by atoms with van der Waals surface area (Å²) in [5, 5.41) is 13.6. The molecule has 0 radical (unpaired) electrons. The molecule has 1 unspecified atom stereocenters. The summed E-state index contributed by atoms with van der Waals surface area (Å²) >= 11 is 0. The number of alkyl carbamates (subject to hydrolysis) is 1. The van der Waals surface area contributed by atoms with Gasteiger partial charge in [-0.15, -0.1) is 0 Å². The molecule has 11 heteroatoms. The predicted molar refractivity (Wildman–Crippen MR) is 162 cm³/mol. The number of amides is 1. The van der Waals surface area contributed by atoms with Gasteiger partial charge in [0.15, 0.2) is 18.5 Å². The summed E-state index contributed by atoms with van der Waals surface area (Å²) in [6.07, 6.45) is -7.06. The number of benzene rings is 4. The topological polar surface area (TPSA) is 147 Å². The number of rotatable bonds is 10. The van der Waals surface area contributed by atoms with Crippen LogP contribution in [-0.4, -0.2) is 66.4 Å². The third-order valence-corrected chi connectivity index (χ3v) is 7.06. The lowest BCUT2D eigenvalue weighted by Gasteiger charge is -2.43. The summed E-state index contributed by atoms with van der Waals surface area (Å²) in [5.41, 5.74) is 1.30. The molecule has 1 fully saturated rings. The second kappa shape index (κ2) is 15.5. The van der Waals surface area contributed by atoms with Gasteiger partial charge in [-0.25, -0.2) is 19.2 Å². The molecule has 1 heterocycles. The highest BCUT2D eigenvalue weighted by molar-refractivity contribution is 5.91. The predicted octanol–water partition coefficient (Wildman–Crippen LogP) is 4.31. The molecule has 0 aliphatic carbocycles. The Bertz CT molecular complexity index is 1600. The van der Waals surface area contributed by atoms with Crippen molar-refractivity contribution in [2.45, 2.75) is 37.3 Å². The van der Waals surface area contributed by atoms with E-state index in [0.29, 0.717) is 5.56 Å². The second-order valence-corrected chi connectivity index (χ2v) is 10.2. The van der Waals surface area contributed by atoms with Crippen LogP contribution in [-0.2, 0) is 30.3 Å². The van der Waals surface area contributed by atoms with Gasteiger partial charge >= 0.3 is 24.0 Å². The van der Waals surface area contributed by atoms with Crippen LogP contribution in [0, 0.1) is 0 Å². The first-order valence-electron chi connectivity index (χ1n) is 14.4. The number of carbonyl (C=O) groups is 4. The number of carbonyl (C=O) groups excluding carboxylic acids is 4. The molecule has 1 aliphatic heterocycles. The monoisotopic (exact) mass is 625 g/mol. The standard InChI is InChI=1S/C35H31NO10/c37-31(24-15-7-2-8-16-24)42-22-27-29(45-32(38)25-17-9-3-10-18-25)30(46-33(39)26-19-11-4-12-20-26)28(34(40)44-27)36-35(41)43-21-23-13-5-1-6-14-23/h1-20,27-30,34,40H,21-22H2,(H,36,41)/t27-,28-,29-,30-,34?/m1/s1. The fourth-order valence-corrected chi connectivity index (χ4v) is 4.74. The fraction of sp³-hybridized carbons (Fsp3) is 0.200. The molecule has 4 aromatic rings. The third-order valence-electron chi connectivity index (χ3n) is 7.06. The molecule has 5 rings (SSSR count). The second-order valence-electron chi connectivity index (χ2n) is 10.2. The number of hydrogen-bond donors (Lipinski definition) is 2. The van der Waals surface area contributed by atoms with Crippen LogP contribution in [0.2, 0.25) is 0 Å². The summed E-state index contributed by atoms with van der Waals surface area (Å²) in [6.45, 7) is -0.586. The molecule has 4 aromatic carbocycles. The molecule has 11 nitrogen and oxygen atoms in total. The maximum absolute atomic E-state index is 13.3. The van der Waals surface area contributed by atoms with Gasteiger partial charge in [-0.2, -0.15) is 0 Å². The Morgan fingerprint density at radius 2 is 1.07 bits per heavy atom. The van der Waals surface area contributed by atoms with Crippen molar-refractivity contribution in [1.82, 2.24) is 5.32 Å². The quantitative estimate of drug-likeness (QED) is 0.193. The Kier molecular flexibility index (Phi) is 10.7. The van der Waals surface area contributed by atoms with E-state index in [-0.39, 0.29) is 23.3 Å². The van der Waals surface area contributed by atoms with Crippen LogP contribution >= 0.6 is 0 Å². The Morgan fingerprint density at radius 1 is 0.609 bits per heavy atom. The first-order chi connectivity index (χ1) is 22.4. The number of aliphatic hydroxyl groups excluding tert-OH is 1. The molecule has 0 bridgehead atoms. The highest BCUT2D eigenvalue weighted by atomic mass is 16.7. The van der Waals surface area contributed by atoms with E-state index in [1.807, 2.05) is 6.07 Å². The van der Waals surface area contributed by atoms with Gasteiger partial charge in [0, 0.05) is 0 Å². The first kappa shape index (κ1) is 31.9. The normalized spacial score (nSPS) is 20.5. The zero-order valence-corrected chi connectivity index (χ0v) is 24.5. The van der Waals surface area contributed by atoms with Crippen LogP contribution in [0.25, 0.3) is 0 Å². The molecule has 46 heavy (non-hydrogen) atoms. The summed E-state index contributed by atoms with van der Waals surface area (Å²) in [5.74, 6) is -2.34. The molecule has 0 aromatic heterocycles. The van der Waals surface area contributed by atoms with Gasteiger partial charge in [0.05, 0.1) is 16.7 Å². The molecule has 0 spiro atoms. The van der Waals surface area contributed by atoms with E-state index >= 15 is 0 Å². The first-order valence-corrected chi connectivity index (χ1v) is 14.4. The zero-order chi connectivity index (χ0) is 32.3. The minimum atomic E-state index is -1.80. The van der Waals surface area contributed by atoms with Crippen molar-refractivity contribution in [3.8, 4) is 0 Å². The zero-order valence-electron chi connectivity index (χ0n) is 24.5. The van der Waals surface area contributed by atoms with Gasteiger partial charge in [-0.05, 0) is 42.0 Å². The lowest BCUT2D eigenvalue weighted by Crippen LogP contribution is -2.66. The van der Waals surface area contributed by atoms with Crippen molar-refractivity contribution in [3.63, 3.8) is 0 Å². The molecule has 2 N–H and O–H groups in total. The average molecular weight is 626 g/mol. The maximum Gasteiger partial charge on any atom is 0.407 e. The van der Waals surface area contributed by atoms with Crippen LogP contribution in [0.3, 0.4) is 0 Å². The van der Waals surface area contributed by atoms with E-state index in [2.05, 4.69) is 5.32 Å². The van der Waals surface area contributed by atoms with Crippen molar-refractivity contribution < 1.29 is 48.0 Å². The van der Waals surface area contributed by atoms with Gasteiger partial charge in [0.25, 0.3) is 0 Å². The van der Waals surface area contributed by atoms with Crippen LogP contribution < -0.4 is 5.32 Å². The minimum Gasteiger partial charge on any atom is -0.459 e. The summed E-state index contributed by atoms with van der Waals surface area (Å²) in [4.78, 5) is 52.3. The highest BCUT2D eigenvalue weighted by Crippen LogP contribution is 2.28. The molecule has 1 aliphatic rings. The van der Waals surface area contributed by atoms with E-state index in [1.54, 1.807) is 91.0 Å². The molecule has 1 amide bonds. The number of ether oxygens (including phenoxy) is 5. The van der Waals surface area contributed by atoms with Gasteiger partial charge < -0.3 is 34.1 Å².